The van der Waals surface area contributed by atoms with Crippen LogP contribution in [0.3, 0.4) is 0 Å². The van der Waals surface area contributed by atoms with E-state index in [1.54, 1.807) is 29.4 Å². The highest BCUT2D eigenvalue weighted by Gasteiger charge is 2.77. The second-order valence-corrected chi connectivity index (χ2v) is 17.4. The van der Waals surface area contributed by atoms with Gasteiger partial charge >= 0.3 is 12.1 Å². The van der Waals surface area contributed by atoms with E-state index < -0.39 is 23.1 Å². The highest BCUT2D eigenvalue weighted by molar-refractivity contribution is 6.06. The third kappa shape index (κ3) is 4.93. The van der Waals surface area contributed by atoms with E-state index in [4.69, 9.17) is 28.6 Å². The minimum Gasteiger partial charge on any atom is -0.461 e. The molecule has 5 aliphatic heterocycles. The quantitative estimate of drug-likeness (QED) is 0.149. The van der Waals surface area contributed by atoms with Gasteiger partial charge in [0.15, 0.2) is 5.82 Å². The normalized spacial score (nSPS) is 27.7. The molecule has 4 saturated heterocycles. The first kappa shape index (κ1) is 35.4. The molecule has 1 aliphatic carbocycles. The molecule has 56 heavy (non-hydrogen) atoms. The van der Waals surface area contributed by atoms with Gasteiger partial charge in [0.25, 0.3) is 0 Å². The summed E-state index contributed by atoms with van der Waals surface area (Å²) in [7, 11) is 3.63. The van der Waals surface area contributed by atoms with E-state index >= 15 is 4.39 Å². The number of aromatic nitrogens is 2. The van der Waals surface area contributed by atoms with Crippen molar-refractivity contribution in [3.63, 3.8) is 0 Å². The molecular formula is C41H44F2N8O5. The number of alkyl halides is 1. The number of benzene rings is 2. The summed E-state index contributed by atoms with van der Waals surface area (Å²) in [5, 5.41) is 11.4. The maximum Gasteiger partial charge on any atom is 0.410 e. The monoisotopic (exact) mass is 766 g/mol. The van der Waals surface area contributed by atoms with Crippen LogP contribution in [-0.2, 0) is 22.7 Å². The number of likely N-dealkylation sites (tertiary alicyclic amines) is 1. The Balaban J connectivity index is 1.13. The van der Waals surface area contributed by atoms with Crippen LogP contribution in [0.25, 0.3) is 33.0 Å². The number of nitriles is 1. The minimum absolute atomic E-state index is 0.0134. The number of fused-ring (bicyclic) bond motifs is 5. The molecule has 6 aliphatic rings. The smallest absolute Gasteiger partial charge is 0.410 e. The first-order valence-electron chi connectivity index (χ1n) is 19.4. The first-order valence-corrected chi connectivity index (χ1v) is 19.4. The number of halogens is 2. The Hall–Kier alpha value is -5.07. The summed E-state index contributed by atoms with van der Waals surface area (Å²) in [6.45, 7) is 7.73. The van der Waals surface area contributed by atoms with Crippen molar-refractivity contribution in [3.05, 3.63) is 40.7 Å². The van der Waals surface area contributed by atoms with E-state index in [-0.39, 0.29) is 72.1 Å². The van der Waals surface area contributed by atoms with Crippen molar-refractivity contribution in [2.75, 3.05) is 45.2 Å². The van der Waals surface area contributed by atoms with Gasteiger partial charge < -0.3 is 28.4 Å². The van der Waals surface area contributed by atoms with Crippen LogP contribution >= 0.6 is 0 Å². The predicted octanol–water partition coefficient (Wildman–Crippen LogP) is 6.60. The van der Waals surface area contributed by atoms with Gasteiger partial charge in [-0.15, -0.1) is 0 Å². The molecule has 5 atom stereocenters. The summed E-state index contributed by atoms with van der Waals surface area (Å²) in [5.74, 6) is 0.0772. The Labute approximate surface area is 322 Å². The minimum atomic E-state index is -0.938. The highest BCUT2D eigenvalue weighted by atomic mass is 19.1. The van der Waals surface area contributed by atoms with Crippen molar-refractivity contribution in [1.82, 2.24) is 24.7 Å². The lowest BCUT2D eigenvalue weighted by molar-refractivity contribution is -0.166. The molecule has 1 amide bonds. The average Bonchev–Trinajstić information content (AvgIpc) is 3.89. The first-order chi connectivity index (χ1) is 26.8. The number of piperazine rings is 1. The molecule has 2 aromatic carbocycles. The number of rotatable bonds is 7. The van der Waals surface area contributed by atoms with Crippen molar-refractivity contribution in [1.29, 1.82) is 5.26 Å². The number of hydrogen-bond acceptors (Lipinski definition) is 11. The number of aliphatic imine (C=N–C) groups is 1. The van der Waals surface area contributed by atoms with Gasteiger partial charge in [-0.25, -0.2) is 18.6 Å². The number of furan rings is 1. The van der Waals surface area contributed by atoms with Crippen LogP contribution in [0.15, 0.2) is 27.6 Å². The molecule has 13 nitrogen and oxygen atoms in total. The molecule has 15 heteroatoms. The number of carbonyl (C=O) groups excluding carboxylic acids is 1. The molecule has 1 saturated carbocycles. The van der Waals surface area contributed by atoms with Gasteiger partial charge in [-0.05, 0) is 75.8 Å². The lowest BCUT2D eigenvalue weighted by Crippen LogP contribution is -2.97. The second kappa shape index (κ2) is 12.2. The summed E-state index contributed by atoms with van der Waals surface area (Å²) in [6, 6.07) is 7.44. The van der Waals surface area contributed by atoms with Gasteiger partial charge in [0, 0.05) is 44.6 Å². The number of anilines is 1. The molecule has 292 valence electrons. The van der Waals surface area contributed by atoms with Crippen LogP contribution < -0.4 is 9.64 Å². The molecule has 4 unspecified atom stereocenters. The molecular weight excluding hydrogens is 722 g/mol. The van der Waals surface area contributed by atoms with Crippen LogP contribution in [-0.4, -0.2) is 112 Å². The summed E-state index contributed by atoms with van der Waals surface area (Å²) in [6.07, 6.45) is 4.05. The van der Waals surface area contributed by atoms with Crippen LogP contribution in [0.4, 0.5) is 25.3 Å². The van der Waals surface area contributed by atoms with Crippen molar-refractivity contribution >= 4 is 46.0 Å². The fourth-order valence-electron chi connectivity index (χ4n) is 10.4. The standard InChI is InChI=1S/C41H44F2N8O5/c1-39(2,3)56-38(52)50-17-29-41(50)12-10-28(41)51(29)35-32-26-19-53-18-25(26)31(23-8-6-9-27-30(23)24(15-44)36(55-27)45-21-48(4)5)33(43)34(32)46-37(47-35)54-20-40-11-7-13-49(40)16-22(42)14-40/h6,8-9,21-22,28-29H,7,10-14,16-20H2,1-5H3/b45-21+/t22?,28?,29?,40-,41?/m0/s1. The average molecular weight is 767 g/mol. The van der Waals surface area contributed by atoms with Crippen LogP contribution in [0.2, 0.25) is 0 Å². The largest absolute Gasteiger partial charge is 0.461 e. The van der Waals surface area contributed by atoms with Gasteiger partial charge in [0.2, 0.25) is 5.88 Å². The maximum absolute atomic E-state index is 17.8. The zero-order valence-electron chi connectivity index (χ0n) is 32.2. The third-order valence-electron chi connectivity index (χ3n) is 12.8. The lowest BCUT2D eigenvalue weighted by Gasteiger charge is -2.80. The number of ether oxygens (including phenoxy) is 3. The Kier molecular flexibility index (Phi) is 7.71. The SMILES string of the molecule is CN(C)/C=N/c1oc2cccc(-c3c4c(c5c(N6C7CCC78C6CN8C(=O)OC(C)(C)C)nc(OC[C@@]67CCCN6CC(F)C7)nc5c3F)COC4)c2c1C#N. The van der Waals surface area contributed by atoms with E-state index in [2.05, 4.69) is 20.9 Å². The molecule has 5 fully saturated rings. The number of hydrogen-bond donors (Lipinski definition) is 0. The number of carbonyl (C=O) groups is 1. The zero-order valence-corrected chi connectivity index (χ0v) is 32.2. The molecule has 1 spiro atoms. The fourth-order valence-corrected chi connectivity index (χ4v) is 10.4. The summed E-state index contributed by atoms with van der Waals surface area (Å²) in [5.41, 5.74) is 1.34. The van der Waals surface area contributed by atoms with E-state index in [0.717, 1.165) is 37.8 Å². The topological polar surface area (TPSA) is 133 Å². The van der Waals surface area contributed by atoms with Crippen molar-refractivity contribution in [3.8, 4) is 23.2 Å². The highest BCUT2D eigenvalue weighted by Crippen LogP contribution is 2.63. The summed E-state index contributed by atoms with van der Waals surface area (Å²) < 4.78 is 56.9. The maximum atomic E-state index is 17.8. The van der Waals surface area contributed by atoms with E-state index in [0.29, 0.717) is 52.8 Å². The molecule has 10 rings (SSSR count). The van der Waals surface area contributed by atoms with Crippen LogP contribution in [0, 0.1) is 17.1 Å². The number of amides is 1. The Bertz CT molecular complexity index is 2400. The number of nitrogens with zero attached hydrogens (tertiary/aromatic N) is 8. The van der Waals surface area contributed by atoms with Gasteiger partial charge in [-0.1, -0.05) is 12.1 Å². The van der Waals surface area contributed by atoms with Crippen LogP contribution in [0.5, 0.6) is 6.01 Å². The van der Waals surface area contributed by atoms with Crippen molar-refractivity contribution < 1.29 is 32.2 Å². The molecule has 2 aromatic heterocycles. The van der Waals surface area contributed by atoms with Crippen molar-refractivity contribution in [2.45, 2.75) is 101 Å². The van der Waals surface area contributed by atoms with Crippen LogP contribution in [0.1, 0.15) is 69.6 Å². The third-order valence-corrected chi connectivity index (χ3v) is 12.8. The molecule has 0 radical (unpaired) electrons. The molecule has 0 bridgehead atoms. The van der Waals surface area contributed by atoms with E-state index in [1.165, 1.54) is 0 Å². The Morgan fingerprint density at radius 3 is 2.71 bits per heavy atom. The number of piperidine rings is 1. The van der Waals surface area contributed by atoms with E-state index in [9.17, 15) is 14.4 Å². The van der Waals surface area contributed by atoms with Gasteiger partial charge in [0.1, 0.15) is 46.9 Å². The zero-order chi connectivity index (χ0) is 38.9. The Morgan fingerprint density at radius 2 is 1.98 bits per heavy atom. The Morgan fingerprint density at radius 1 is 1.16 bits per heavy atom. The van der Waals surface area contributed by atoms with Gasteiger partial charge in [-0.3, -0.25) is 9.80 Å². The summed E-state index contributed by atoms with van der Waals surface area (Å²) >= 11 is 0. The molecule has 7 heterocycles. The van der Waals surface area contributed by atoms with E-state index in [1.807, 2.05) is 39.8 Å². The lowest BCUT2D eigenvalue weighted by atomic mass is 9.52. The molecule has 4 aromatic rings. The fraction of sp³-hybridized carbons (Fsp3) is 0.537. The van der Waals surface area contributed by atoms with Gasteiger partial charge in [0.05, 0.1) is 48.1 Å². The predicted molar refractivity (Wildman–Crippen MR) is 203 cm³/mol. The van der Waals surface area contributed by atoms with Gasteiger partial charge in [-0.2, -0.15) is 15.2 Å². The summed E-state index contributed by atoms with van der Waals surface area (Å²) in [4.78, 5) is 35.5. The van der Waals surface area contributed by atoms with Crippen molar-refractivity contribution in [2.24, 2.45) is 4.99 Å². The second-order valence-electron chi connectivity index (χ2n) is 17.4. The molecule has 0 N–H and O–H groups in total.